The van der Waals surface area contributed by atoms with Crippen molar-refractivity contribution in [1.29, 1.82) is 0 Å². The second kappa shape index (κ2) is 6.55. The van der Waals surface area contributed by atoms with Crippen LogP contribution in [0.1, 0.15) is 42.9 Å². The molecule has 2 N–H and O–H groups in total. The van der Waals surface area contributed by atoms with Gasteiger partial charge in [0.1, 0.15) is 0 Å². The van der Waals surface area contributed by atoms with E-state index in [0.717, 1.165) is 31.1 Å². The zero-order valence-corrected chi connectivity index (χ0v) is 12.5. The maximum absolute atomic E-state index is 5.60. The normalized spacial score (nSPS) is 25.0. The summed E-state index contributed by atoms with van der Waals surface area (Å²) in [4.78, 5) is 0. The lowest BCUT2D eigenvalue weighted by molar-refractivity contribution is 0.114. The van der Waals surface area contributed by atoms with Crippen LogP contribution in [0, 0.1) is 0 Å². The summed E-state index contributed by atoms with van der Waals surface area (Å²) in [6.45, 7) is 1.71. The molecule has 20 heavy (non-hydrogen) atoms. The van der Waals surface area contributed by atoms with Crippen LogP contribution in [0.15, 0.2) is 24.3 Å². The number of benzene rings is 1. The molecule has 1 aliphatic carbocycles. The average Bonchev–Trinajstić information content (AvgIpc) is 2.99. The summed E-state index contributed by atoms with van der Waals surface area (Å²) in [5.74, 6) is 0. The summed E-state index contributed by atoms with van der Waals surface area (Å²) in [5.41, 5.74) is 2.86. The Morgan fingerprint density at radius 2 is 2.15 bits per heavy atom. The van der Waals surface area contributed by atoms with Crippen molar-refractivity contribution in [3.63, 3.8) is 0 Å². The van der Waals surface area contributed by atoms with Gasteiger partial charge in [-0.05, 0) is 55.4 Å². The van der Waals surface area contributed by atoms with E-state index in [9.17, 15) is 0 Å². The van der Waals surface area contributed by atoms with Crippen molar-refractivity contribution in [2.24, 2.45) is 0 Å². The van der Waals surface area contributed by atoms with Crippen molar-refractivity contribution in [3.05, 3.63) is 35.4 Å². The number of hydrogen-bond acceptors (Lipinski definition) is 2. The maximum Gasteiger partial charge on any atom is 0.166 e. The van der Waals surface area contributed by atoms with E-state index in [1.54, 1.807) is 0 Å². The first-order valence-corrected chi connectivity index (χ1v) is 7.97. The van der Waals surface area contributed by atoms with E-state index in [-0.39, 0.29) is 0 Å². The highest BCUT2D eigenvalue weighted by atomic mass is 32.1. The Kier molecular flexibility index (Phi) is 4.53. The van der Waals surface area contributed by atoms with Gasteiger partial charge in [0.05, 0.1) is 12.1 Å². The highest BCUT2D eigenvalue weighted by Gasteiger charge is 2.21. The first-order chi connectivity index (χ1) is 9.83. The van der Waals surface area contributed by atoms with Gasteiger partial charge in [-0.3, -0.25) is 0 Å². The third-order valence-corrected chi connectivity index (χ3v) is 4.45. The fraction of sp³-hybridized carbons (Fsp3) is 0.562. The number of nitrogens with one attached hydrogen (secondary N) is 2. The van der Waals surface area contributed by atoms with Crippen LogP contribution in [0.25, 0.3) is 0 Å². The van der Waals surface area contributed by atoms with Gasteiger partial charge in [-0.25, -0.2) is 0 Å². The van der Waals surface area contributed by atoms with Gasteiger partial charge < -0.3 is 15.4 Å². The van der Waals surface area contributed by atoms with Gasteiger partial charge in [-0.1, -0.05) is 24.3 Å². The number of thiocarbonyl (C=S) groups is 1. The van der Waals surface area contributed by atoms with E-state index in [4.69, 9.17) is 17.0 Å². The summed E-state index contributed by atoms with van der Waals surface area (Å²) in [7, 11) is 0. The minimum atomic E-state index is 0.327. The molecule has 0 spiro atoms. The quantitative estimate of drug-likeness (QED) is 0.839. The van der Waals surface area contributed by atoms with Crippen molar-refractivity contribution in [3.8, 4) is 0 Å². The minimum Gasteiger partial charge on any atom is -0.376 e. The monoisotopic (exact) mass is 290 g/mol. The summed E-state index contributed by atoms with van der Waals surface area (Å²) >= 11 is 5.42. The van der Waals surface area contributed by atoms with Crippen LogP contribution >= 0.6 is 12.2 Å². The van der Waals surface area contributed by atoms with Crippen LogP contribution < -0.4 is 10.6 Å². The van der Waals surface area contributed by atoms with Gasteiger partial charge in [0.2, 0.25) is 0 Å². The van der Waals surface area contributed by atoms with E-state index >= 15 is 0 Å². The van der Waals surface area contributed by atoms with Crippen molar-refractivity contribution < 1.29 is 4.74 Å². The highest BCUT2D eigenvalue weighted by molar-refractivity contribution is 7.80. The Labute approximate surface area is 126 Å². The molecule has 1 heterocycles. The molecule has 2 aliphatic rings. The van der Waals surface area contributed by atoms with Crippen LogP contribution in [-0.4, -0.2) is 24.4 Å². The summed E-state index contributed by atoms with van der Waals surface area (Å²) in [6, 6.07) is 9.03. The van der Waals surface area contributed by atoms with E-state index in [1.165, 1.54) is 30.4 Å². The molecular weight excluding hydrogens is 268 g/mol. The number of hydrogen-bond donors (Lipinski definition) is 2. The van der Waals surface area contributed by atoms with Gasteiger partial charge in [-0.2, -0.15) is 0 Å². The van der Waals surface area contributed by atoms with Crippen LogP contribution in [0.2, 0.25) is 0 Å². The summed E-state index contributed by atoms with van der Waals surface area (Å²) in [5, 5.41) is 7.51. The van der Waals surface area contributed by atoms with Gasteiger partial charge in [0.15, 0.2) is 5.11 Å². The third-order valence-electron chi connectivity index (χ3n) is 4.19. The third kappa shape index (κ3) is 3.30. The second-order valence-corrected chi connectivity index (χ2v) is 6.04. The molecule has 2 atom stereocenters. The lowest BCUT2D eigenvalue weighted by atomic mass is 9.88. The Morgan fingerprint density at radius 1 is 1.25 bits per heavy atom. The molecule has 1 aromatic carbocycles. The molecule has 0 amide bonds. The zero-order valence-electron chi connectivity index (χ0n) is 11.7. The number of fused-ring (bicyclic) bond motifs is 1. The fourth-order valence-corrected chi connectivity index (χ4v) is 3.35. The topological polar surface area (TPSA) is 33.3 Å². The molecule has 1 saturated heterocycles. The summed E-state index contributed by atoms with van der Waals surface area (Å²) in [6.07, 6.45) is 6.20. The first-order valence-electron chi connectivity index (χ1n) is 7.57. The molecule has 1 fully saturated rings. The van der Waals surface area contributed by atoms with Crippen LogP contribution in [0.4, 0.5) is 0 Å². The number of rotatable bonds is 3. The Hall–Kier alpha value is -1.13. The van der Waals surface area contributed by atoms with Gasteiger partial charge in [0, 0.05) is 13.2 Å². The largest absolute Gasteiger partial charge is 0.376 e. The smallest absolute Gasteiger partial charge is 0.166 e. The number of ether oxygens (including phenoxy) is 1. The standard InChI is InChI=1S/C16H22N2OS/c20-16(17-11-13-7-4-10-19-13)18-15-9-3-6-12-5-1-2-8-14(12)15/h1-2,5,8,13,15H,3-4,6-7,9-11H2,(H2,17,18,20)/t13-,15+/m1/s1. The van der Waals surface area contributed by atoms with Gasteiger partial charge in [-0.15, -0.1) is 0 Å². The molecule has 0 saturated carbocycles. The molecule has 0 bridgehead atoms. The number of aryl methyl sites for hydroxylation is 1. The van der Waals surface area contributed by atoms with Crippen LogP contribution in [-0.2, 0) is 11.2 Å². The van der Waals surface area contributed by atoms with Crippen LogP contribution in [0.3, 0.4) is 0 Å². The molecule has 108 valence electrons. The zero-order chi connectivity index (χ0) is 13.8. The van der Waals surface area contributed by atoms with Gasteiger partial charge >= 0.3 is 0 Å². The lowest BCUT2D eigenvalue weighted by Gasteiger charge is -2.27. The Morgan fingerprint density at radius 3 is 3.00 bits per heavy atom. The van der Waals surface area contributed by atoms with Crippen molar-refractivity contribution >= 4 is 17.3 Å². The molecule has 3 nitrogen and oxygen atoms in total. The lowest BCUT2D eigenvalue weighted by Crippen LogP contribution is -2.41. The van der Waals surface area contributed by atoms with E-state index in [0.29, 0.717) is 12.1 Å². The Balaban J connectivity index is 1.54. The molecule has 4 heteroatoms. The molecule has 0 aromatic heterocycles. The minimum absolute atomic E-state index is 0.327. The fourth-order valence-electron chi connectivity index (χ4n) is 3.13. The van der Waals surface area contributed by atoms with E-state index in [1.807, 2.05) is 0 Å². The van der Waals surface area contributed by atoms with E-state index in [2.05, 4.69) is 34.9 Å². The van der Waals surface area contributed by atoms with Crippen LogP contribution in [0.5, 0.6) is 0 Å². The predicted molar refractivity (Wildman–Crippen MR) is 84.8 cm³/mol. The van der Waals surface area contributed by atoms with E-state index < -0.39 is 0 Å². The van der Waals surface area contributed by atoms with Gasteiger partial charge in [0.25, 0.3) is 0 Å². The molecule has 3 rings (SSSR count). The second-order valence-electron chi connectivity index (χ2n) is 5.63. The maximum atomic E-state index is 5.60. The molecule has 1 aromatic rings. The molecule has 0 radical (unpaired) electrons. The average molecular weight is 290 g/mol. The summed E-state index contributed by atoms with van der Waals surface area (Å²) < 4.78 is 5.60. The van der Waals surface area contributed by atoms with Crippen molar-refractivity contribution in [2.45, 2.75) is 44.2 Å². The molecule has 1 aliphatic heterocycles. The molecular formula is C16H22N2OS. The first kappa shape index (κ1) is 13.8. The highest BCUT2D eigenvalue weighted by Crippen LogP contribution is 2.29. The SMILES string of the molecule is S=C(NC[C@H]1CCCO1)N[C@H]1CCCc2ccccc21. The molecule has 0 unspecified atom stereocenters. The van der Waals surface area contributed by atoms with Crippen molar-refractivity contribution in [2.75, 3.05) is 13.2 Å². The van der Waals surface area contributed by atoms with Crippen molar-refractivity contribution in [1.82, 2.24) is 10.6 Å². The predicted octanol–water partition coefficient (Wildman–Crippen LogP) is 2.71. The Bertz CT molecular complexity index is 471.